The number of carbonyl (C=O) groups excluding carboxylic acids is 1. The zero-order valence-electron chi connectivity index (χ0n) is 6.63. The highest BCUT2D eigenvalue weighted by Crippen LogP contribution is 2.18. The first-order valence-corrected chi connectivity index (χ1v) is 3.69. The number of carbonyl (C=O) groups is 1. The predicted molar refractivity (Wildman–Crippen MR) is 38.7 cm³/mol. The van der Waals surface area contributed by atoms with Crippen molar-refractivity contribution in [3.63, 3.8) is 0 Å². The molecule has 4 heteroatoms. The van der Waals surface area contributed by atoms with Crippen LogP contribution in [0.4, 0.5) is 0 Å². The molecule has 0 saturated carbocycles. The van der Waals surface area contributed by atoms with Crippen molar-refractivity contribution in [2.75, 3.05) is 13.2 Å². The van der Waals surface area contributed by atoms with Gasteiger partial charge in [0.2, 0.25) is 0 Å². The van der Waals surface area contributed by atoms with Gasteiger partial charge >= 0.3 is 5.97 Å². The van der Waals surface area contributed by atoms with Crippen LogP contribution in [0.2, 0.25) is 0 Å². The monoisotopic (exact) mass is 159 g/mol. The van der Waals surface area contributed by atoms with Gasteiger partial charge in [0.1, 0.15) is 0 Å². The Hall–Kier alpha value is -0.610. The largest absolute Gasteiger partial charge is 0.444 e. The summed E-state index contributed by atoms with van der Waals surface area (Å²) in [5.41, 5.74) is 4.96. The second-order valence-electron chi connectivity index (χ2n) is 2.77. The average Bonchev–Trinajstić information content (AvgIpc) is 1.85. The first-order valence-electron chi connectivity index (χ1n) is 3.69. The number of rotatable bonds is 1. The lowest BCUT2D eigenvalue weighted by atomic mass is 10.1. The summed E-state index contributed by atoms with van der Waals surface area (Å²) in [5.74, 6) is -0.325. The van der Waals surface area contributed by atoms with E-state index in [0.717, 1.165) is 0 Å². The smallest absolute Gasteiger partial charge is 0.304 e. The summed E-state index contributed by atoms with van der Waals surface area (Å²) in [4.78, 5) is 10.6. The zero-order chi connectivity index (χ0) is 8.32. The molecule has 1 aliphatic rings. The van der Waals surface area contributed by atoms with Crippen LogP contribution in [0.1, 0.15) is 19.8 Å². The molecule has 4 nitrogen and oxygen atoms in total. The number of esters is 1. The molecule has 11 heavy (non-hydrogen) atoms. The highest BCUT2D eigenvalue weighted by Gasteiger charge is 2.30. The first-order chi connectivity index (χ1) is 5.12. The van der Waals surface area contributed by atoms with Crippen LogP contribution in [0.15, 0.2) is 0 Å². The van der Waals surface area contributed by atoms with Crippen LogP contribution in [-0.4, -0.2) is 24.9 Å². The molecule has 0 aromatic rings. The van der Waals surface area contributed by atoms with Crippen molar-refractivity contribution < 1.29 is 14.3 Å². The molecule has 0 aromatic carbocycles. The first kappa shape index (κ1) is 8.49. The summed E-state index contributed by atoms with van der Waals surface area (Å²) in [6, 6.07) is 0. The maximum Gasteiger partial charge on any atom is 0.304 e. The van der Waals surface area contributed by atoms with Crippen molar-refractivity contribution >= 4 is 5.97 Å². The summed E-state index contributed by atoms with van der Waals surface area (Å²) in [6.07, 6.45) is 1.18. The van der Waals surface area contributed by atoms with Crippen LogP contribution >= 0.6 is 0 Å². The number of ether oxygens (including phenoxy) is 2. The molecular formula is C7H13NO3. The minimum atomic E-state index is -0.774. The molecule has 0 spiro atoms. The topological polar surface area (TPSA) is 61.5 Å². The number of nitrogens with two attached hydrogens (primary N) is 1. The van der Waals surface area contributed by atoms with Gasteiger partial charge < -0.3 is 9.47 Å². The van der Waals surface area contributed by atoms with E-state index in [1.165, 1.54) is 6.92 Å². The fourth-order valence-corrected chi connectivity index (χ4v) is 1.11. The summed E-state index contributed by atoms with van der Waals surface area (Å²) < 4.78 is 10.0. The third kappa shape index (κ3) is 2.48. The molecule has 0 bridgehead atoms. The van der Waals surface area contributed by atoms with Gasteiger partial charge in [-0.15, -0.1) is 0 Å². The highest BCUT2D eigenvalue weighted by atomic mass is 16.6. The lowest BCUT2D eigenvalue weighted by Gasteiger charge is -2.32. The van der Waals surface area contributed by atoms with Gasteiger partial charge in [0.25, 0.3) is 0 Å². The third-order valence-corrected chi connectivity index (χ3v) is 1.69. The van der Waals surface area contributed by atoms with Gasteiger partial charge in [0.15, 0.2) is 5.72 Å². The highest BCUT2D eigenvalue weighted by molar-refractivity contribution is 5.66. The molecule has 1 saturated heterocycles. The third-order valence-electron chi connectivity index (χ3n) is 1.69. The minimum absolute atomic E-state index is 0.325. The van der Waals surface area contributed by atoms with Gasteiger partial charge in [-0.2, -0.15) is 0 Å². The van der Waals surface area contributed by atoms with E-state index >= 15 is 0 Å². The SMILES string of the molecule is CC(=O)OC1(N)CCOCC1. The molecule has 1 heterocycles. The Morgan fingerprint density at radius 3 is 2.55 bits per heavy atom. The van der Waals surface area contributed by atoms with Crippen molar-refractivity contribution in [2.24, 2.45) is 5.73 Å². The second kappa shape index (κ2) is 3.19. The van der Waals surface area contributed by atoms with E-state index in [2.05, 4.69) is 0 Å². The van der Waals surface area contributed by atoms with Gasteiger partial charge in [0, 0.05) is 19.8 Å². The van der Waals surface area contributed by atoms with Gasteiger partial charge in [-0.3, -0.25) is 10.5 Å². The van der Waals surface area contributed by atoms with E-state index in [0.29, 0.717) is 26.1 Å². The Labute approximate surface area is 65.7 Å². The number of hydrogen-bond donors (Lipinski definition) is 1. The standard InChI is InChI=1S/C7H13NO3/c1-6(9)11-7(8)2-4-10-5-3-7/h2-5,8H2,1H3. The van der Waals surface area contributed by atoms with E-state index in [-0.39, 0.29) is 5.97 Å². The molecule has 1 fully saturated rings. The molecule has 0 amide bonds. The van der Waals surface area contributed by atoms with E-state index in [4.69, 9.17) is 15.2 Å². The maximum absolute atomic E-state index is 10.6. The maximum atomic E-state index is 10.6. The van der Waals surface area contributed by atoms with Crippen LogP contribution in [-0.2, 0) is 14.3 Å². The van der Waals surface area contributed by atoms with E-state index < -0.39 is 5.72 Å². The molecule has 64 valence electrons. The summed E-state index contributed by atoms with van der Waals surface area (Å²) in [7, 11) is 0. The van der Waals surface area contributed by atoms with Crippen molar-refractivity contribution in [2.45, 2.75) is 25.5 Å². The van der Waals surface area contributed by atoms with Crippen molar-refractivity contribution in [1.82, 2.24) is 0 Å². The molecule has 1 rings (SSSR count). The van der Waals surface area contributed by atoms with E-state index in [1.807, 2.05) is 0 Å². The summed E-state index contributed by atoms with van der Waals surface area (Å²) in [6.45, 7) is 2.51. The Morgan fingerprint density at radius 1 is 1.55 bits per heavy atom. The van der Waals surface area contributed by atoms with Crippen molar-refractivity contribution in [3.05, 3.63) is 0 Å². The van der Waals surface area contributed by atoms with Gasteiger partial charge in [-0.05, 0) is 0 Å². The molecule has 1 aliphatic heterocycles. The number of hydrogen-bond acceptors (Lipinski definition) is 4. The van der Waals surface area contributed by atoms with Gasteiger partial charge in [-0.25, -0.2) is 0 Å². The quantitative estimate of drug-likeness (QED) is 0.432. The fourth-order valence-electron chi connectivity index (χ4n) is 1.11. The van der Waals surface area contributed by atoms with Crippen molar-refractivity contribution in [1.29, 1.82) is 0 Å². The van der Waals surface area contributed by atoms with Gasteiger partial charge in [-0.1, -0.05) is 0 Å². The van der Waals surface area contributed by atoms with Crippen LogP contribution in [0, 0.1) is 0 Å². The van der Waals surface area contributed by atoms with Crippen LogP contribution in [0.5, 0.6) is 0 Å². The molecule has 0 aromatic heterocycles. The molecular weight excluding hydrogens is 146 g/mol. The van der Waals surface area contributed by atoms with Crippen LogP contribution in [0.3, 0.4) is 0 Å². The second-order valence-corrected chi connectivity index (χ2v) is 2.77. The normalized spacial score (nSPS) is 22.7. The molecule has 0 unspecified atom stereocenters. The average molecular weight is 159 g/mol. The lowest BCUT2D eigenvalue weighted by Crippen LogP contribution is -2.48. The zero-order valence-corrected chi connectivity index (χ0v) is 6.63. The summed E-state index contributed by atoms with van der Waals surface area (Å²) in [5, 5.41) is 0. The molecule has 2 N–H and O–H groups in total. The Kier molecular flexibility index (Phi) is 2.46. The summed E-state index contributed by atoms with van der Waals surface area (Å²) >= 11 is 0. The van der Waals surface area contributed by atoms with E-state index in [1.54, 1.807) is 0 Å². The predicted octanol–water partition coefficient (Wildman–Crippen LogP) is 0.0149. The Balaban J connectivity index is 2.43. The van der Waals surface area contributed by atoms with E-state index in [9.17, 15) is 4.79 Å². The lowest BCUT2D eigenvalue weighted by molar-refractivity contribution is -0.165. The fraction of sp³-hybridized carbons (Fsp3) is 0.857. The van der Waals surface area contributed by atoms with Crippen LogP contribution in [0.25, 0.3) is 0 Å². The minimum Gasteiger partial charge on any atom is -0.444 e. The van der Waals surface area contributed by atoms with Crippen molar-refractivity contribution in [3.8, 4) is 0 Å². The van der Waals surface area contributed by atoms with Crippen LogP contribution < -0.4 is 5.73 Å². The molecule has 0 atom stereocenters. The Morgan fingerprint density at radius 2 is 2.09 bits per heavy atom. The van der Waals surface area contributed by atoms with Gasteiger partial charge in [0.05, 0.1) is 13.2 Å². The molecule has 0 aliphatic carbocycles. The molecule has 0 radical (unpaired) electrons. The Bertz CT molecular complexity index is 152.